The molecule has 2 aromatic rings. The highest BCUT2D eigenvalue weighted by Crippen LogP contribution is 2.52. The Kier molecular flexibility index (Phi) is 6.37. The van der Waals surface area contributed by atoms with Crippen LogP contribution in [0.1, 0.15) is 68.1 Å². The third-order valence-electron chi connectivity index (χ3n) is 8.68. The number of anilines is 4. The Hall–Kier alpha value is -3.40. The van der Waals surface area contributed by atoms with E-state index >= 15 is 0 Å². The van der Waals surface area contributed by atoms with Crippen LogP contribution in [-0.2, 0) is 4.79 Å². The highest BCUT2D eigenvalue weighted by Gasteiger charge is 2.55. The lowest BCUT2D eigenvalue weighted by Gasteiger charge is -2.31. The summed E-state index contributed by atoms with van der Waals surface area (Å²) < 4.78 is 5.60. The normalized spacial score (nSPS) is 24.3. The monoisotopic (exact) mass is 520 g/mol. The van der Waals surface area contributed by atoms with Crippen molar-refractivity contribution in [1.29, 1.82) is 0 Å². The lowest BCUT2D eigenvalue weighted by atomic mass is 10.0. The molecule has 2 atom stereocenters. The summed E-state index contributed by atoms with van der Waals surface area (Å²) in [6.45, 7) is 0.704. The van der Waals surface area contributed by atoms with Crippen molar-refractivity contribution in [2.24, 2.45) is 5.41 Å². The van der Waals surface area contributed by atoms with E-state index in [0.29, 0.717) is 48.4 Å². The lowest BCUT2D eigenvalue weighted by molar-refractivity contribution is -0.122. The van der Waals surface area contributed by atoms with Crippen molar-refractivity contribution in [1.82, 2.24) is 15.3 Å². The average Bonchev–Trinajstić information content (AvgIpc) is 3.30. The first-order valence-corrected chi connectivity index (χ1v) is 13.7. The van der Waals surface area contributed by atoms with E-state index in [1.807, 2.05) is 7.05 Å². The van der Waals surface area contributed by atoms with Crippen LogP contribution in [0.3, 0.4) is 0 Å². The topological polar surface area (TPSA) is 120 Å². The molecular formula is C28H36N6O4. The summed E-state index contributed by atoms with van der Waals surface area (Å²) >= 11 is 0. The molecule has 2 amide bonds. The highest BCUT2D eigenvalue weighted by molar-refractivity contribution is 6.03. The number of nitrogens with zero attached hydrogens (tertiary/aromatic N) is 4. The first-order chi connectivity index (χ1) is 18.4. The summed E-state index contributed by atoms with van der Waals surface area (Å²) in [5, 5.41) is 16.0. The number of rotatable bonds is 6. The maximum absolute atomic E-state index is 13.3. The number of benzene rings is 1. The summed E-state index contributed by atoms with van der Waals surface area (Å²) in [6, 6.07) is 5.58. The van der Waals surface area contributed by atoms with Crippen LogP contribution in [0, 0.1) is 5.41 Å². The van der Waals surface area contributed by atoms with Crippen LogP contribution in [0.2, 0.25) is 0 Å². The second-order valence-corrected chi connectivity index (χ2v) is 11.3. The molecule has 3 aliphatic carbocycles. The van der Waals surface area contributed by atoms with Gasteiger partial charge in [-0.2, -0.15) is 4.98 Å². The zero-order chi connectivity index (χ0) is 26.4. The first kappa shape index (κ1) is 24.9. The molecule has 3 N–H and O–H groups in total. The zero-order valence-corrected chi connectivity index (χ0v) is 22.1. The van der Waals surface area contributed by atoms with Crippen LogP contribution in [-0.4, -0.2) is 65.8 Å². The predicted octanol–water partition coefficient (Wildman–Crippen LogP) is 3.38. The van der Waals surface area contributed by atoms with Gasteiger partial charge in [0.2, 0.25) is 11.9 Å². The van der Waals surface area contributed by atoms with E-state index in [9.17, 15) is 14.7 Å². The van der Waals surface area contributed by atoms with Gasteiger partial charge >= 0.3 is 0 Å². The van der Waals surface area contributed by atoms with Gasteiger partial charge in [0.1, 0.15) is 11.4 Å². The highest BCUT2D eigenvalue weighted by atomic mass is 16.5. The van der Waals surface area contributed by atoms with Crippen LogP contribution < -0.4 is 25.2 Å². The quantitative estimate of drug-likeness (QED) is 0.530. The fraction of sp³-hybridized carbons (Fsp3) is 0.571. The van der Waals surface area contributed by atoms with Crippen molar-refractivity contribution in [3.05, 3.63) is 30.0 Å². The van der Waals surface area contributed by atoms with Gasteiger partial charge in [-0.1, -0.05) is 12.8 Å². The summed E-state index contributed by atoms with van der Waals surface area (Å²) in [7, 11) is 3.39. The zero-order valence-electron chi connectivity index (χ0n) is 22.1. The molecule has 0 radical (unpaired) electrons. The smallest absolute Gasteiger partial charge is 0.251 e. The minimum absolute atomic E-state index is 0.0168. The van der Waals surface area contributed by atoms with Crippen molar-refractivity contribution in [3.8, 4) is 5.75 Å². The third-order valence-corrected chi connectivity index (χ3v) is 8.68. The molecule has 6 rings (SSSR count). The third kappa shape index (κ3) is 4.55. The SMILES string of the molecule is COc1cc(C(=O)N[C@@H]2CC[C@@H](O)C2)ccc1Nc1ncc2c(n1)N(C1CCCC1)CC1(CC1)C(=O)N2C. The minimum Gasteiger partial charge on any atom is -0.495 e. The molecule has 202 valence electrons. The molecule has 3 saturated carbocycles. The predicted molar refractivity (Wildman–Crippen MR) is 144 cm³/mol. The van der Waals surface area contributed by atoms with E-state index in [1.165, 1.54) is 12.8 Å². The van der Waals surface area contributed by atoms with Gasteiger partial charge in [-0.3, -0.25) is 9.59 Å². The van der Waals surface area contributed by atoms with Gasteiger partial charge in [0.25, 0.3) is 5.91 Å². The molecule has 1 aromatic heterocycles. The summed E-state index contributed by atoms with van der Waals surface area (Å²) in [5.41, 5.74) is 1.57. The van der Waals surface area contributed by atoms with Crippen molar-refractivity contribution in [3.63, 3.8) is 0 Å². The van der Waals surface area contributed by atoms with Crippen molar-refractivity contribution in [2.75, 3.05) is 35.8 Å². The molecule has 4 aliphatic rings. The molecule has 1 aliphatic heterocycles. The fourth-order valence-electron chi connectivity index (χ4n) is 6.26. The number of carbonyl (C=O) groups is 2. The lowest BCUT2D eigenvalue weighted by Crippen LogP contribution is -2.41. The number of methoxy groups -OCH3 is 1. The van der Waals surface area contributed by atoms with E-state index in [4.69, 9.17) is 9.72 Å². The summed E-state index contributed by atoms with van der Waals surface area (Å²) in [5.74, 6) is 1.67. The number of amides is 2. The van der Waals surface area contributed by atoms with Crippen LogP contribution in [0.25, 0.3) is 0 Å². The summed E-state index contributed by atoms with van der Waals surface area (Å²) in [6.07, 6.45) is 9.90. The number of aliphatic hydroxyl groups excluding tert-OH is 1. The van der Waals surface area contributed by atoms with Gasteiger partial charge in [-0.05, 0) is 63.1 Å². The molecule has 0 saturated heterocycles. The van der Waals surface area contributed by atoms with Crippen LogP contribution >= 0.6 is 0 Å². The average molecular weight is 521 g/mol. The molecule has 0 unspecified atom stereocenters. The van der Waals surface area contributed by atoms with Gasteiger partial charge < -0.3 is 30.3 Å². The second-order valence-electron chi connectivity index (χ2n) is 11.3. The molecule has 1 aromatic carbocycles. The number of fused-ring (bicyclic) bond motifs is 1. The van der Waals surface area contributed by atoms with Gasteiger partial charge in [-0.25, -0.2) is 4.98 Å². The number of aliphatic hydroxyl groups is 1. The Labute approximate surface area is 222 Å². The number of hydrogen-bond acceptors (Lipinski definition) is 8. The van der Waals surface area contributed by atoms with Crippen molar-refractivity contribution >= 4 is 35.0 Å². The first-order valence-electron chi connectivity index (χ1n) is 13.7. The molecule has 38 heavy (non-hydrogen) atoms. The van der Waals surface area contributed by atoms with Crippen LogP contribution in [0.4, 0.5) is 23.1 Å². The Morgan fingerprint density at radius 1 is 1.18 bits per heavy atom. The Morgan fingerprint density at radius 3 is 2.66 bits per heavy atom. The Balaban J connectivity index is 1.26. The van der Waals surface area contributed by atoms with E-state index in [-0.39, 0.29) is 29.4 Å². The Bertz CT molecular complexity index is 1240. The minimum atomic E-state index is -0.348. The number of carbonyl (C=O) groups excluding carboxylic acids is 2. The fourth-order valence-corrected chi connectivity index (χ4v) is 6.26. The maximum Gasteiger partial charge on any atom is 0.251 e. The van der Waals surface area contributed by atoms with Crippen molar-refractivity contribution in [2.45, 2.75) is 76.0 Å². The number of ether oxygens (including phenoxy) is 1. The van der Waals surface area contributed by atoms with Crippen LogP contribution in [0.15, 0.2) is 24.4 Å². The van der Waals surface area contributed by atoms with E-state index in [0.717, 1.165) is 43.6 Å². The van der Waals surface area contributed by atoms with E-state index in [1.54, 1.807) is 36.4 Å². The molecule has 2 heterocycles. The standard InChI is InChI=1S/C28H36N6O4/c1-33-22-15-29-27(32-24(22)34(19-5-3-4-6-19)16-28(11-12-28)26(33)37)31-21-10-7-17(13-23(21)38-2)25(36)30-18-8-9-20(35)14-18/h7,10,13,15,18-20,35H,3-6,8-9,11-12,14,16H2,1-2H3,(H,30,36)(H,29,31,32)/t18-,20-/m1/s1. The van der Waals surface area contributed by atoms with E-state index in [2.05, 4.69) is 20.5 Å². The summed E-state index contributed by atoms with van der Waals surface area (Å²) in [4.78, 5) is 39.6. The molecule has 1 spiro atoms. The Morgan fingerprint density at radius 2 is 1.97 bits per heavy atom. The van der Waals surface area contributed by atoms with Gasteiger partial charge in [0, 0.05) is 31.2 Å². The molecule has 0 bridgehead atoms. The van der Waals surface area contributed by atoms with E-state index < -0.39 is 0 Å². The molecule has 3 fully saturated rings. The maximum atomic E-state index is 13.3. The number of nitrogens with one attached hydrogen (secondary N) is 2. The van der Waals surface area contributed by atoms with Crippen LogP contribution in [0.5, 0.6) is 5.75 Å². The molecule has 10 heteroatoms. The van der Waals surface area contributed by atoms with Crippen molar-refractivity contribution < 1.29 is 19.4 Å². The number of hydrogen-bond donors (Lipinski definition) is 3. The molecule has 10 nitrogen and oxygen atoms in total. The second kappa shape index (κ2) is 9.72. The van der Waals surface area contributed by atoms with Gasteiger partial charge in [0.05, 0.1) is 30.5 Å². The number of aromatic nitrogens is 2. The van der Waals surface area contributed by atoms with Gasteiger partial charge in [0.15, 0.2) is 5.82 Å². The van der Waals surface area contributed by atoms with Gasteiger partial charge in [-0.15, -0.1) is 0 Å². The molecular weight excluding hydrogens is 484 g/mol. The largest absolute Gasteiger partial charge is 0.495 e.